The SMILES string of the molecule is Cc1ncn2c1SC(C1=C(C(=O)O)N3C(=O)[C@H]([C@@H](C)O)[C@H]3[C@H]1C)S2. The second kappa shape index (κ2) is 5.27. The van der Waals surface area contributed by atoms with Crippen LogP contribution in [0.1, 0.15) is 19.5 Å². The van der Waals surface area contributed by atoms with E-state index in [9.17, 15) is 19.8 Å². The highest BCUT2D eigenvalue weighted by atomic mass is 32.2. The predicted molar refractivity (Wildman–Crippen MR) is 89.2 cm³/mol. The number of fused-ring (bicyclic) bond motifs is 2. The standard InChI is InChI=1S/C15H17N3O4S2/c1-5-8(15-23-13-6(2)16-4-17(13)24-15)11(14(21)22)18-10(5)9(7(3)19)12(18)20/h4-5,7,9-10,15,19H,1-3H3,(H,21,22)/t5-,7+,9+,10+,15?/m0/s1. The fraction of sp³-hybridized carbons (Fsp3) is 0.533. The van der Waals surface area contributed by atoms with Gasteiger partial charge in [-0.3, -0.25) is 8.77 Å². The van der Waals surface area contributed by atoms with Crippen molar-refractivity contribution in [3.05, 3.63) is 23.3 Å². The van der Waals surface area contributed by atoms with E-state index in [0.29, 0.717) is 0 Å². The van der Waals surface area contributed by atoms with Crippen molar-refractivity contribution in [3.8, 4) is 0 Å². The average Bonchev–Trinajstić information content (AvgIpc) is 3.11. The number of aryl methyl sites for hydroxylation is 1. The van der Waals surface area contributed by atoms with Gasteiger partial charge in [0, 0.05) is 5.92 Å². The van der Waals surface area contributed by atoms with E-state index in [-0.39, 0.29) is 28.1 Å². The van der Waals surface area contributed by atoms with Crippen LogP contribution in [0.4, 0.5) is 0 Å². The zero-order chi connectivity index (χ0) is 17.3. The molecule has 1 aromatic rings. The lowest BCUT2D eigenvalue weighted by Gasteiger charge is -2.46. The highest BCUT2D eigenvalue weighted by molar-refractivity contribution is 8.19. The maximum absolute atomic E-state index is 12.4. The summed E-state index contributed by atoms with van der Waals surface area (Å²) in [6.07, 6.45) is 0.960. The number of aliphatic hydroxyl groups excluding tert-OH is 1. The summed E-state index contributed by atoms with van der Waals surface area (Å²) >= 11 is 3.09. The van der Waals surface area contributed by atoms with Crippen molar-refractivity contribution in [2.45, 2.75) is 42.5 Å². The molecule has 0 aliphatic carbocycles. The molecule has 5 atom stereocenters. The summed E-state index contributed by atoms with van der Waals surface area (Å²) in [6.45, 7) is 5.46. The molecule has 0 aromatic carbocycles. The largest absolute Gasteiger partial charge is 0.477 e. The Hall–Kier alpha value is -1.45. The van der Waals surface area contributed by atoms with E-state index < -0.39 is 18.0 Å². The molecule has 4 rings (SSSR count). The van der Waals surface area contributed by atoms with Crippen LogP contribution in [0.2, 0.25) is 0 Å². The number of aliphatic carboxylic acids is 1. The molecule has 0 saturated carbocycles. The molecule has 1 saturated heterocycles. The number of carboxylic acids is 1. The van der Waals surface area contributed by atoms with Crippen molar-refractivity contribution < 1.29 is 19.8 Å². The third-order valence-corrected chi connectivity index (χ3v) is 7.77. The van der Waals surface area contributed by atoms with Crippen molar-refractivity contribution in [3.63, 3.8) is 0 Å². The van der Waals surface area contributed by atoms with E-state index in [1.807, 2.05) is 17.8 Å². The molecule has 1 aromatic heterocycles. The number of hydrogen-bond donors (Lipinski definition) is 2. The van der Waals surface area contributed by atoms with Crippen LogP contribution in [-0.2, 0) is 9.59 Å². The Kier molecular flexibility index (Phi) is 3.52. The number of carboxylic acid groups (broad SMARTS) is 1. The summed E-state index contributed by atoms with van der Waals surface area (Å²) in [5, 5.41) is 20.6. The second-order valence-corrected chi connectivity index (χ2v) is 8.85. The molecular formula is C15H17N3O4S2. The fourth-order valence-electron chi connectivity index (χ4n) is 3.87. The first-order valence-electron chi connectivity index (χ1n) is 7.69. The lowest BCUT2D eigenvalue weighted by Crippen LogP contribution is -2.63. The van der Waals surface area contributed by atoms with Crippen LogP contribution in [0.15, 0.2) is 22.6 Å². The number of rotatable bonds is 3. The first kappa shape index (κ1) is 16.0. The summed E-state index contributed by atoms with van der Waals surface area (Å²) in [5.74, 6) is -1.99. The molecule has 0 radical (unpaired) electrons. The number of aliphatic hydroxyl groups is 1. The Morgan fingerprint density at radius 3 is 2.75 bits per heavy atom. The van der Waals surface area contributed by atoms with Gasteiger partial charge in [0.1, 0.15) is 21.6 Å². The van der Waals surface area contributed by atoms with Crippen LogP contribution in [0.3, 0.4) is 0 Å². The van der Waals surface area contributed by atoms with Crippen LogP contribution in [0.5, 0.6) is 0 Å². The Morgan fingerprint density at radius 2 is 2.17 bits per heavy atom. The second-order valence-electron chi connectivity index (χ2n) is 6.38. The Labute approximate surface area is 147 Å². The summed E-state index contributed by atoms with van der Waals surface area (Å²) in [5.41, 5.74) is 1.78. The first-order chi connectivity index (χ1) is 11.3. The number of thioether (sulfide) groups is 1. The fourth-order valence-corrected chi connectivity index (χ4v) is 6.86. The van der Waals surface area contributed by atoms with Gasteiger partial charge >= 0.3 is 5.97 Å². The summed E-state index contributed by atoms with van der Waals surface area (Å²) in [6, 6.07) is -0.265. The van der Waals surface area contributed by atoms with E-state index >= 15 is 0 Å². The van der Waals surface area contributed by atoms with Crippen LogP contribution >= 0.6 is 23.7 Å². The quantitative estimate of drug-likeness (QED) is 0.778. The molecular weight excluding hydrogens is 350 g/mol. The topological polar surface area (TPSA) is 95.7 Å². The minimum atomic E-state index is -1.08. The van der Waals surface area contributed by atoms with Gasteiger partial charge in [-0.05, 0) is 31.4 Å². The lowest BCUT2D eigenvalue weighted by molar-refractivity contribution is -0.163. The van der Waals surface area contributed by atoms with Gasteiger partial charge in [0.2, 0.25) is 5.91 Å². The highest BCUT2D eigenvalue weighted by Crippen LogP contribution is 2.55. The number of β-lactam (4-membered cyclic amide) rings is 1. The van der Waals surface area contributed by atoms with Gasteiger partial charge in [0.05, 0.1) is 23.8 Å². The predicted octanol–water partition coefficient (Wildman–Crippen LogP) is 1.32. The lowest BCUT2D eigenvalue weighted by atomic mass is 9.78. The highest BCUT2D eigenvalue weighted by Gasteiger charge is 2.61. The average molecular weight is 367 g/mol. The van der Waals surface area contributed by atoms with Gasteiger partial charge in [-0.15, -0.1) is 0 Å². The molecule has 7 nitrogen and oxygen atoms in total. The smallest absolute Gasteiger partial charge is 0.352 e. The Morgan fingerprint density at radius 1 is 1.46 bits per heavy atom. The van der Waals surface area contributed by atoms with Gasteiger partial charge in [-0.25, -0.2) is 9.78 Å². The molecule has 9 heteroatoms. The van der Waals surface area contributed by atoms with Gasteiger partial charge in [-0.1, -0.05) is 18.7 Å². The van der Waals surface area contributed by atoms with Crippen molar-refractivity contribution in [2.75, 3.05) is 0 Å². The van der Waals surface area contributed by atoms with Gasteiger partial charge in [-0.2, -0.15) is 0 Å². The number of aromatic nitrogens is 2. The molecule has 0 spiro atoms. The minimum Gasteiger partial charge on any atom is -0.477 e. The number of carbonyl (C=O) groups excluding carboxylic acids is 1. The van der Waals surface area contributed by atoms with Crippen molar-refractivity contribution in [1.82, 2.24) is 13.9 Å². The van der Waals surface area contributed by atoms with Crippen molar-refractivity contribution in [1.29, 1.82) is 0 Å². The third kappa shape index (κ3) is 1.94. The van der Waals surface area contributed by atoms with Crippen LogP contribution in [0, 0.1) is 18.8 Å². The number of hydrogen-bond acceptors (Lipinski definition) is 6. The van der Waals surface area contributed by atoms with Crippen LogP contribution in [-0.4, -0.2) is 52.7 Å². The Balaban J connectivity index is 1.72. The maximum atomic E-state index is 12.4. The van der Waals surface area contributed by atoms with E-state index in [4.69, 9.17) is 0 Å². The monoisotopic (exact) mass is 367 g/mol. The van der Waals surface area contributed by atoms with E-state index in [2.05, 4.69) is 4.98 Å². The van der Waals surface area contributed by atoms with Crippen molar-refractivity contribution >= 4 is 35.6 Å². The molecule has 24 heavy (non-hydrogen) atoms. The van der Waals surface area contributed by atoms with Gasteiger partial charge < -0.3 is 15.1 Å². The number of nitrogens with zero attached hydrogens (tertiary/aromatic N) is 3. The minimum absolute atomic E-state index is 0.0933. The Bertz CT molecular complexity index is 788. The first-order valence-corrected chi connectivity index (χ1v) is 9.40. The van der Waals surface area contributed by atoms with Gasteiger partial charge in [0.25, 0.3) is 0 Å². The molecule has 3 aliphatic rings. The number of carbonyl (C=O) groups is 2. The maximum Gasteiger partial charge on any atom is 0.352 e. The van der Waals surface area contributed by atoms with Crippen LogP contribution in [0.25, 0.3) is 0 Å². The third-order valence-electron chi connectivity index (χ3n) is 4.98. The molecule has 1 unspecified atom stereocenters. The molecule has 2 N–H and O–H groups in total. The molecule has 0 bridgehead atoms. The number of imidazole rings is 1. The van der Waals surface area contributed by atoms with Crippen molar-refractivity contribution in [2.24, 2.45) is 11.8 Å². The van der Waals surface area contributed by atoms with E-state index in [1.165, 1.54) is 16.8 Å². The van der Waals surface area contributed by atoms with Gasteiger partial charge in [0.15, 0.2) is 0 Å². The normalized spacial score (nSPS) is 32.7. The molecule has 3 aliphatic heterocycles. The summed E-state index contributed by atoms with van der Waals surface area (Å²) in [7, 11) is 0. The van der Waals surface area contributed by atoms with E-state index in [0.717, 1.165) is 16.3 Å². The summed E-state index contributed by atoms with van der Waals surface area (Å²) in [4.78, 5) is 29.8. The zero-order valence-corrected chi connectivity index (χ0v) is 15.0. The summed E-state index contributed by atoms with van der Waals surface area (Å²) < 4.78 is 1.85. The number of amides is 1. The molecule has 128 valence electrons. The van der Waals surface area contributed by atoms with E-state index in [1.54, 1.807) is 25.0 Å². The zero-order valence-electron chi connectivity index (χ0n) is 13.3. The molecule has 1 amide bonds. The molecule has 1 fully saturated rings. The molecule has 4 heterocycles. The van der Waals surface area contributed by atoms with Crippen LogP contribution < -0.4 is 0 Å².